The molecule has 0 aliphatic heterocycles. The second-order valence-corrected chi connectivity index (χ2v) is 6.06. The summed E-state index contributed by atoms with van der Waals surface area (Å²) in [5.74, 6) is 0.734. The molecule has 0 atom stereocenters. The van der Waals surface area contributed by atoms with Gasteiger partial charge in [0.2, 0.25) is 10.0 Å². The lowest BCUT2D eigenvalue weighted by Gasteiger charge is -2.11. The van der Waals surface area contributed by atoms with Crippen molar-refractivity contribution in [1.29, 1.82) is 0 Å². The zero-order chi connectivity index (χ0) is 15.5. The number of methoxy groups -OCH3 is 1. The van der Waals surface area contributed by atoms with E-state index >= 15 is 0 Å². The standard InChI is InChI=1S/C14H17N3O3S/c1-20-14-7-2-11(15)8-10(14)9-17-12-3-5-13(6-4-12)21(16,18)19/h2-8,17H,9,15H2,1H3,(H2,16,18,19). The Labute approximate surface area is 123 Å². The first-order chi connectivity index (χ1) is 9.90. The predicted octanol–water partition coefficient (Wildman–Crippen LogP) is 1.54. The normalized spacial score (nSPS) is 11.1. The Morgan fingerprint density at radius 2 is 1.81 bits per heavy atom. The highest BCUT2D eigenvalue weighted by Gasteiger charge is 2.07. The third kappa shape index (κ3) is 3.87. The highest BCUT2D eigenvalue weighted by atomic mass is 32.2. The number of ether oxygens (including phenoxy) is 1. The number of primary sulfonamides is 1. The number of sulfonamides is 1. The molecule has 0 amide bonds. The fourth-order valence-corrected chi connectivity index (χ4v) is 2.41. The molecule has 2 rings (SSSR count). The van der Waals surface area contributed by atoms with E-state index in [1.165, 1.54) is 12.1 Å². The van der Waals surface area contributed by atoms with Crippen LogP contribution < -0.4 is 20.9 Å². The summed E-state index contributed by atoms with van der Waals surface area (Å²) in [6.07, 6.45) is 0. The van der Waals surface area contributed by atoms with E-state index in [0.717, 1.165) is 17.0 Å². The lowest BCUT2D eigenvalue weighted by Crippen LogP contribution is -2.12. The fraction of sp³-hybridized carbons (Fsp3) is 0.143. The predicted molar refractivity (Wildman–Crippen MR) is 82.5 cm³/mol. The Hall–Kier alpha value is -2.25. The second-order valence-electron chi connectivity index (χ2n) is 4.49. The van der Waals surface area contributed by atoms with Crippen molar-refractivity contribution in [3.63, 3.8) is 0 Å². The molecule has 7 heteroatoms. The second kappa shape index (κ2) is 6.02. The zero-order valence-electron chi connectivity index (χ0n) is 11.5. The molecule has 0 unspecified atom stereocenters. The van der Waals surface area contributed by atoms with Crippen LogP contribution >= 0.6 is 0 Å². The van der Waals surface area contributed by atoms with Crippen molar-refractivity contribution in [2.24, 2.45) is 5.14 Å². The SMILES string of the molecule is COc1ccc(N)cc1CNc1ccc(S(N)(=O)=O)cc1. The molecule has 5 N–H and O–H groups in total. The first-order valence-electron chi connectivity index (χ1n) is 6.19. The lowest BCUT2D eigenvalue weighted by atomic mass is 10.1. The number of nitrogens with one attached hydrogen (secondary N) is 1. The van der Waals surface area contributed by atoms with Crippen molar-refractivity contribution >= 4 is 21.4 Å². The van der Waals surface area contributed by atoms with Crippen molar-refractivity contribution < 1.29 is 13.2 Å². The van der Waals surface area contributed by atoms with E-state index in [1.54, 1.807) is 31.4 Å². The minimum Gasteiger partial charge on any atom is -0.496 e. The molecule has 0 aromatic heterocycles. The van der Waals surface area contributed by atoms with Gasteiger partial charge in [0.15, 0.2) is 0 Å². The Balaban J connectivity index is 2.12. The highest BCUT2D eigenvalue weighted by molar-refractivity contribution is 7.89. The van der Waals surface area contributed by atoms with Crippen LogP contribution in [0.3, 0.4) is 0 Å². The van der Waals surface area contributed by atoms with E-state index in [9.17, 15) is 8.42 Å². The maximum absolute atomic E-state index is 11.2. The minimum absolute atomic E-state index is 0.0783. The molecule has 0 saturated carbocycles. The maximum atomic E-state index is 11.2. The first kappa shape index (κ1) is 15.1. The van der Waals surface area contributed by atoms with Crippen molar-refractivity contribution in [3.05, 3.63) is 48.0 Å². The van der Waals surface area contributed by atoms with Gasteiger partial charge in [-0.1, -0.05) is 0 Å². The smallest absolute Gasteiger partial charge is 0.238 e. The summed E-state index contributed by atoms with van der Waals surface area (Å²) < 4.78 is 27.6. The van der Waals surface area contributed by atoms with E-state index in [1.807, 2.05) is 6.07 Å². The van der Waals surface area contributed by atoms with Crippen LogP contribution in [0.25, 0.3) is 0 Å². The number of benzene rings is 2. The van der Waals surface area contributed by atoms with Gasteiger partial charge in [0.1, 0.15) is 5.75 Å². The average molecular weight is 307 g/mol. The zero-order valence-corrected chi connectivity index (χ0v) is 12.4. The topological polar surface area (TPSA) is 107 Å². The Kier molecular flexibility index (Phi) is 4.35. The monoisotopic (exact) mass is 307 g/mol. The molecule has 0 aliphatic rings. The number of hydrogen-bond donors (Lipinski definition) is 3. The summed E-state index contributed by atoms with van der Waals surface area (Å²) >= 11 is 0. The van der Waals surface area contributed by atoms with Crippen LogP contribution in [0.15, 0.2) is 47.4 Å². The molecule has 2 aromatic rings. The van der Waals surface area contributed by atoms with E-state index in [2.05, 4.69) is 5.32 Å². The van der Waals surface area contributed by atoms with Gasteiger partial charge in [-0.3, -0.25) is 0 Å². The quantitative estimate of drug-likeness (QED) is 0.726. The molecular weight excluding hydrogens is 290 g/mol. The summed E-state index contributed by atoms with van der Waals surface area (Å²) in [6.45, 7) is 0.503. The summed E-state index contributed by atoms with van der Waals surface area (Å²) in [4.78, 5) is 0.0783. The molecule has 0 fully saturated rings. The fourth-order valence-electron chi connectivity index (χ4n) is 1.90. The van der Waals surface area contributed by atoms with Gasteiger partial charge in [-0.15, -0.1) is 0 Å². The molecule has 0 heterocycles. The molecule has 0 bridgehead atoms. The van der Waals surface area contributed by atoms with E-state index in [4.69, 9.17) is 15.6 Å². The van der Waals surface area contributed by atoms with E-state index in [-0.39, 0.29) is 4.90 Å². The van der Waals surface area contributed by atoms with Gasteiger partial charge < -0.3 is 15.8 Å². The van der Waals surface area contributed by atoms with Gasteiger partial charge in [-0.05, 0) is 42.5 Å². The van der Waals surface area contributed by atoms with Crippen LogP contribution in [-0.2, 0) is 16.6 Å². The van der Waals surface area contributed by atoms with Crippen LogP contribution in [0.2, 0.25) is 0 Å². The number of nitrogens with two attached hydrogens (primary N) is 2. The summed E-state index contributed by atoms with van der Waals surface area (Å²) in [7, 11) is -2.07. The molecular formula is C14H17N3O3S. The summed E-state index contributed by atoms with van der Waals surface area (Å²) in [5.41, 5.74) is 8.09. The third-order valence-corrected chi connectivity index (χ3v) is 3.90. The largest absolute Gasteiger partial charge is 0.496 e. The van der Waals surface area contributed by atoms with E-state index < -0.39 is 10.0 Å². The van der Waals surface area contributed by atoms with Gasteiger partial charge in [-0.25, -0.2) is 13.6 Å². The van der Waals surface area contributed by atoms with Crippen LogP contribution in [-0.4, -0.2) is 15.5 Å². The number of nitrogen functional groups attached to an aromatic ring is 1. The van der Waals surface area contributed by atoms with Crippen LogP contribution in [0.1, 0.15) is 5.56 Å². The Bertz CT molecular complexity index is 728. The van der Waals surface area contributed by atoms with Crippen molar-refractivity contribution in [2.45, 2.75) is 11.4 Å². The van der Waals surface area contributed by atoms with Crippen LogP contribution in [0, 0.1) is 0 Å². The Morgan fingerprint density at radius 3 is 2.38 bits per heavy atom. The average Bonchev–Trinajstić information content (AvgIpc) is 2.45. The van der Waals surface area contributed by atoms with Gasteiger partial charge >= 0.3 is 0 Å². The third-order valence-electron chi connectivity index (χ3n) is 2.97. The summed E-state index contributed by atoms with van der Waals surface area (Å²) in [6, 6.07) is 11.6. The molecule has 2 aromatic carbocycles. The summed E-state index contributed by atoms with van der Waals surface area (Å²) in [5, 5.41) is 8.22. The molecule has 0 saturated heterocycles. The first-order valence-corrected chi connectivity index (χ1v) is 7.74. The molecule has 6 nitrogen and oxygen atoms in total. The number of anilines is 2. The molecule has 112 valence electrons. The van der Waals surface area contributed by atoms with E-state index in [0.29, 0.717) is 12.2 Å². The Morgan fingerprint density at radius 1 is 1.14 bits per heavy atom. The lowest BCUT2D eigenvalue weighted by molar-refractivity contribution is 0.410. The molecule has 21 heavy (non-hydrogen) atoms. The van der Waals surface area contributed by atoms with Crippen LogP contribution in [0.5, 0.6) is 5.75 Å². The highest BCUT2D eigenvalue weighted by Crippen LogP contribution is 2.22. The van der Waals surface area contributed by atoms with Crippen molar-refractivity contribution in [1.82, 2.24) is 0 Å². The van der Waals surface area contributed by atoms with Gasteiger partial charge in [0.05, 0.1) is 12.0 Å². The van der Waals surface area contributed by atoms with Gasteiger partial charge in [-0.2, -0.15) is 0 Å². The molecule has 0 aliphatic carbocycles. The van der Waals surface area contributed by atoms with Gasteiger partial charge in [0, 0.05) is 23.5 Å². The maximum Gasteiger partial charge on any atom is 0.238 e. The molecule has 0 radical (unpaired) electrons. The van der Waals surface area contributed by atoms with Crippen LogP contribution in [0.4, 0.5) is 11.4 Å². The number of hydrogen-bond acceptors (Lipinski definition) is 5. The van der Waals surface area contributed by atoms with Gasteiger partial charge in [0.25, 0.3) is 0 Å². The minimum atomic E-state index is -3.67. The molecule has 0 spiro atoms. The van der Waals surface area contributed by atoms with Crippen molar-refractivity contribution in [3.8, 4) is 5.75 Å². The number of rotatable bonds is 5. The van der Waals surface area contributed by atoms with Crippen molar-refractivity contribution in [2.75, 3.05) is 18.2 Å².